The molecule has 4 rings (SSSR count). The Balaban J connectivity index is 1.34. The fourth-order valence-electron chi connectivity index (χ4n) is 4.59. The Labute approximate surface area is 161 Å². The van der Waals surface area contributed by atoms with E-state index < -0.39 is 0 Å². The quantitative estimate of drug-likeness (QED) is 0.813. The molecule has 0 unspecified atom stereocenters. The van der Waals surface area contributed by atoms with E-state index in [1.807, 2.05) is 12.3 Å². The zero-order chi connectivity index (χ0) is 18.5. The second kappa shape index (κ2) is 8.83. The third-order valence-electron chi connectivity index (χ3n) is 6.23. The molecule has 0 saturated carbocycles. The van der Waals surface area contributed by atoms with Crippen LogP contribution in [0, 0.1) is 11.8 Å². The van der Waals surface area contributed by atoms with Crippen molar-refractivity contribution in [1.29, 1.82) is 0 Å². The van der Waals surface area contributed by atoms with Crippen LogP contribution in [-0.2, 0) is 16.0 Å². The normalized spacial score (nSPS) is 21.9. The lowest BCUT2D eigenvalue weighted by molar-refractivity contribution is -0.132. The van der Waals surface area contributed by atoms with Gasteiger partial charge in [-0.1, -0.05) is 24.3 Å². The molecule has 1 atom stereocenters. The Kier molecular flexibility index (Phi) is 6.03. The van der Waals surface area contributed by atoms with E-state index in [0.717, 1.165) is 63.9 Å². The van der Waals surface area contributed by atoms with Gasteiger partial charge in [-0.3, -0.25) is 9.78 Å². The van der Waals surface area contributed by atoms with Gasteiger partial charge in [0.1, 0.15) is 0 Å². The summed E-state index contributed by atoms with van der Waals surface area (Å²) in [5, 5.41) is 1.22. The molecule has 2 aliphatic rings. The topological polar surface area (TPSA) is 42.4 Å². The van der Waals surface area contributed by atoms with Gasteiger partial charge in [-0.2, -0.15) is 0 Å². The molecule has 0 radical (unpaired) electrons. The van der Waals surface area contributed by atoms with Crippen molar-refractivity contribution >= 4 is 16.8 Å². The summed E-state index contributed by atoms with van der Waals surface area (Å²) >= 11 is 0. The van der Waals surface area contributed by atoms with Crippen molar-refractivity contribution in [2.75, 3.05) is 26.3 Å². The number of pyridine rings is 1. The third kappa shape index (κ3) is 4.67. The average molecular weight is 367 g/mol. The fraction of sp³-hybridized carbons (Fsp3) is 0.565. The fourth-order valence-corrected chi connectivity index (χ4v) is 4.59. The molecule has 27 heavy (non-hydrogen) atoms. The molecule has 3 heterocycles. The number of hydrogen-bond donors (Lipinski definition) is 0. The lowest BCUT2D eigenvalue weighted by Crippen LogP contribution is -2.34. The van der Waals surface area contributed by atoms with Crippen LogP contribution in [0.3, 0.4) is 0 Å². The Morgan fingerprint density at radius 1 is 1.04 bits per heavy atom. The summed E-state index contributed by atoms with van der Waals surface area (Å²) in [5.41, 5.74) is 2.48. The molecule has 2 fully saturated rings. The standard InChI is InChI=1S/C23H30N2O2/c26-22(17-19-9-14-27-15-10-19)25-12-3-4-18(8-13-25)16-21-6-1-5-20-7-2-11-24-23(20)21/h1-2,5-7,11,18-19H,3-4,8-10,12-17H2/t18-/m1/s1. The minimum absolute atomic E-state index is 0.356. The van der Waals surface area contributed by atoms with Gasteiger partial charge in [0.25, 0.3) is 0 Å². The molecule has 144 valence electrons. The van der Waals surface area contributed by atoms with Crippen molar-refractivity contribution in [1.82, 2.24) is 9.88 Å². The first kappa shape index (κ1) is 18.4. The first-order chi connectivity index (χ1) is 13.3. The van der Waals surface area contributed by atoms with Crippen LogP contribution >= 0.6 is 0 Å². The molecule has 2 aromatic rings. The predicted octanol–water partition coefficient (Wildman–Crippen LogP) is 4.22. The number of rotatable bonds is 4. The molecule has 0 aliphatic carbocycles. The Bertz CT molecular complexity index is 765. The average Bonchev–Trinajstić information content (AvgIpc) is 2.95. The number of ether oxygens (including phenoxy) is 1. The zero-order valence-corrected chi connectivity index (χ0v) is 16.1. The van der Waals surface area contributed by atoms with E-state index in [2.05, 4.69) is 34.1 Å². The van der Waals surface area contributed by atoms with Crippen LogP contribution in [0.1, 0.15) is 44.1 Å². The van der Waals surface area contributed by atoms with Gasteiger partial charge in [0.15, 0.2) is 0 Å². The number of carbonyl (C=O) groups is 1. The van der Waals surface area contributed by atoms with Crippen LogP contribution < -0.4 is 0 Å². The van der Waals surface area contributed by atoms with Gasteiger partial charge >= 0.3 is 0 Å². The van der Waals surface area contributed by atoms with Gasteiger partial charge in [-0.15, -0.1) is 0 Å². The number of amides is 1. The maximum absolute atomic E-state index is 12.7. The molecule has 0 N–H and O–H groups in total. The van der Waals surface area contributed by atoms with Crippen LogP contribution in [0.15, 0.2) is 36.5 Å². The smallest absolute Gasteiger partial charge is 0.222 e. The summed E-state index contributed by atoms with van der Waals surface area (Å²) in [5.74, 6) is 1.51. The number of nitrogens with zero attached hydrogens (tertiary/aromatic N) is 2. The zero-order valence-electron chi connectivity index (χ0n) is 16.1. The van der Waals surface area contributed by atoms with E-state index in [4.69, 9.17) is 4.74 Å². The molecule has 4 nitrogen and oxygen atoms in total. The highest BCUT2D eigenvalue weighted by atomic mass is 16.5. The number of carbonyl (C=O) groups excluding carboxylic acids is 1. The molecular weight excluding hydrogens is 336 g/mol. The van der Waals surface area contributed by atoms with Crippen LogP contribution in [0.25, 0.3) is 10.9 Å². The van der Waals surface area contributed by atoms with Gasteiger partial charge < -0.3 is 9.64 Å². The van der Waals surface area contributed by atoms with Crippen LogP contribution in [0.2, 0.25) is 0 Å². The molecule has 0 spiro atoms. The largest absolute Gasteiger partial charge is 0.381 e. The van der Waals surface area contributed by atoms with E-state index in [1.54, 1.807) is 0 Å². The highest BCUT2D eigenvalue weighted by molar-refractivity contribution is 5.81. The van der Waals surface area contributed by atoms with Gasteiger partial charge in [-0.05, 0) is 62.0 Å². The van der Waals surface area contributed by atoms with Gasteiger partial charge in [0.05, 0.1) is 5.52 Å². The SMILES string of the molecule is O=C(CC1CCOCC1)N1CCC[C@@H](Cc2cccc3cccnc23)CC1. The molecule has 1 aromatic heterocycles. The molecule has 1 amide bonds. The molecular formula is C23H30N2O2. The Hall–Kier alpha value is -1.94. The number of likely N-dealkylation sites (tertiary alicyclic amines) is 1. The summed E-state index contributed by atoms with van der Waals surface area (Å²) < 4.78 is 5.42. The van der Waals surface area contributed by atoms with Crippen molar-refractivity contribution in [3.8, 4) is 0 Å². The lowest BCUT2D eigenvalue weighted by Gasteiger charge is -2.26. The van der Waals surface area contributed by atoms with Crippen molar-refractivity contribution in [3.63, 3.8) is 0 Å². The van der Waals surface area contributed by atoms with Crippen LogP contribution in [0.5, 0.6) is 0 Å². The summed E-state index contributed by atoms with van der Waals surface area (Å²) in [6, 6.07) is 10.6. The maximum atomic E-state index is 12.7. The number of hydrogen-bond acceptors (Lipinski definition) is 3. The lowest BCUT2D eigenvalue weighted by atomic mass is 9.91. The molecule has 1 aromatic carbocycles. The Morgan fingerprint density at radius 3 is 2.78 bits per heavy atom. The van der Waals surface area contributed by atoms with Gasteiger partial charge in [0.2, 0.25) is 5.91 Å². The summed E-state index contributed by atoms with van der Waals surface area (Å²) in [7, 11) is 0. The Morgan fingerprint density at radius 2 is 1.89 bits per heavy atom. The van der Waals surface area contributed by atoms with E-state index in [-0.39, 0.29) is 0 Å². The molecule has 2 saturated heterocycles. The van der Waals surface area contributed by atoms with Crippen LogP contribution in [-0.4, -0.2) is 42.1 Å². The van der Waals surface area contributed by atoms with E-state index in [1.165, 1.54) is 17.4 Å². The molecule has 2 aliphatic heterocycles. The van der Waals surface area contributed by atoms with Gasteiger partial charge in [-0.25, -0.2) is 0 Å². The highest BCUT2D eigenvalue weighted by Gasteiger charge is 2.24. The number of fused-ring (bicyclic) bond motifs is 1. The monoisotopic (exact) mass is 366 g/mol. The first-order valence-corrected chi connectivity index (χ1v) is 10.5. The number of aromatic nitrogens is 1. The van der Waals surface area contributed by atoms with Gasteiger partial charge in [0, 0.05) is 44.3 Å². The predicted molar refractivity (Wildman–Crippen MR) is 108 cm³/mol. The van der Waals surface area contributed by atoms with Crippen molar-refractivity contribution in [2.24, 2.45) is 11.8 Å². The first-order valence-electron chi connectivity index (χ1n) is 10.5. The highest BCUT2D eigenvalue weighted by Crippen LogP contribution is 2.26. The summed E-state index contributed by atoms with van der Waals surface area (Å²) in [6.07, 6.45) is 9.15. The minimum atomic E-state index is 0.356. The van der Waals surface area contributed by atoms with E-state index in [0.29, 0.717) is 24.2 Å². The van der Waals surface area contributed by atoms with E-state index in [9.17, 15) is 4.79 Å². The third-order valence-corrected chi connectivity index (χ3v) is 6.23. The summed E-state index contributed by atoms with van der Waals surface area (Å²) in [4.78, 5) is 19.5. The second-order valence-corrected chi connectivity index (χ2v) is 8.13. The number of para-hydroxylation sites is 1. The maximum Gasteiger partial charge on any atom is 0.222 e. The van der Waals surface area contributed by atoms with Crippen molar-refractivity contribution in [3.05, 3.63) is 42.1 Å². The number of benzene rings is 1. The molecule has 0 bridgehead atoms. The van der Waals surface area contributed by atoms with E-state index >= 15 is 0 Å². The van der Waals surface area contributed by atoms with Crippen molar-refractivity contribution < 1.29 is 9.53 Å². The van der Waals surface area contributed by atoms with Crippen molar-refractivity contribution in [2.45, 2.75) is 44.9 Å². The summed E-state index contributed by atoms with van der Waals surface area (Å²) in [6.45, 7) is 3.47. The van der Waals surface area contributed by atoms with Crippen LogP contribution in [0.4, 0.5) is 0 Å². The minimum Gasteiger partial charge on any atom is -0.381 e. The molecule has 4 heteroatoms. The second-order valence-electron chi connectivity index (χ2n) is 8.13.